The van der Waals surface area contributed by atoms with E-state index < -0.39 is 0 Å². The van der Waals surface area contributed by atoms with Gasteiger partial charge in [-0.15, -0.1) is 12.4 Å². The lowest BCUT2D eigenvalue weighted by molar-refractivity contribution is 0.532. The molecule has 0 amide bonds. The molecule has 0 aliphatic carbocycles. The number of aryl methyl sites for hydroxylation is 2. The molecular weight excluding hydrogens is 388 g/mol. The van der Waals surface area contributed by atoms with E-state index >= 15 is 0 Å². The van der Waals surface area contributed by atoms with Gasteiger partial charge in [-0.1, -0.05) is 115 Å². The van der Waals surface area contributed by atoms with Gasteiger partial charge in [0.1, 0.15) is 5.82 Å². The predicted octanol–water partition coefficient (Wildman–Crippen LogP) is 9.02. The van der Waals surface area contributed by atoms with Gasteiger partial charge in [0.05, 0.1) is 5.69 Å². The van der Waals surface area contributed by atoms with E-state index in [4.69, 9.17) is 4.98 Å². The number of para-hydroxylation sites is 1. The monoisotopic (exact) mass is 432 g/mol. The number of unbranched alkanes of at least 4 members (excludes halogenated alkanes) is 14. The zero-order valence-corrected chi connectivity index (χ0v) is 20.4. The highest BCUT2D eigenvalue weighted by atomic mass is 35.5. The molecule has 30 heavy (non-hydrogen) atoms. The minimum atomic E-state index is 0. The van der Waals surface area contributed by atoms with Crippen LogP contribution in [0.4, 0.5) is 0 Å². The molecule has 1 aromatic carbocycles. The Kier molecular flexibility index (Phi) is 15.5. The van der Waals surface area contributed by atoms with E-state index in [1.54, 1.807) is 0 Å². The lowest BCUT2D eigenvalue weighted by Crippen LogP contribution is -1.93. The number of hydrogen-bond acceptors (Lipinski definition) is 1. The fourth-order valence-electron chi connectivity index (χ4n) is 4.18. The van der Waals surface area contributed by atoms with Crippen molar-refractivity contribution in [1.82, 2.24) is 9.55 Å². The number of aromatic nitrogens is 2. The standard InChI is InChI=1S/C27H44N2.ClH/c1-3-4-5-6-7-8-9-10-11-12-13-14-15-16-18-21-26-24-29(25(2)28-26)27-22-19-17-20-23-27;/h17,19-20,22-24H,3-16,18,21H2,1-2H3;1H. The summed E-state index contributed by atoms with van der Waals surface area (Å²) in [6.45, 7) is 4.39. The maximum absolute atomic E-state index is 4.75. The predicted molar refractivity (Wildman–Crippen MR) is 134 cm³/mol. The highest BCUT2D eigenvalue weighted by Gasteiger charge is 2.05. The van der Waals surface area contributed by atoms with E-state index in [2.05, 4.69) is 54.9 Å². The zero-order valence-electron chi connectivity index (χ0n) is 19.6. The van der Waals surface area contributed by atoms with Gasteiger partial charge in [0.2, 0.25) is 0 Å². The first-order valence-corrected chi connectivity index (χ1v) is 12.4. The fourth-order valence-corrected chi connectivity index (χ4v) is 4.18. The van der Waals surface area contributed by atoms with Crippen LogP contribution in [0.5, 0.6) is 0 Å². The van der Waals surface area contributed by atoms with E-state index in [1.165, 1.54) is 108 Å². The molecule has 0 saturated carbocycles. The zero-order chi connectivity index (χ0) is 20.6. The van der Waals surface area contributed by atoms with Gasteiger partial charge in [0, 0.05) is 11.9 Å². The Morgan fingerprint density at radius 3 is 1.63 bits per heavy atom. The lowest BCUT2D eigenvalue weighted by Gasteiger charge is -2.03. The summed E-state index contributed by atoms with van der Waals surface area (Å²) in [7, 11) is 0. The van der Waals surface area contributed by atoms with Crippen molar-refractivity contribution in [3.05, 3.63) is 48.0 Å². The Labute approximate surface area is 192 Å². The molecule has 0 N–H and O–H groups in total. The van der Waals surface area contributed by atoms with Crippen molar-refractivity contribution in [2.45, 2.75) is 117 Å². The first-order valence-electron chi connectivity index (χ1n) is 12.4. The largest absolute Gasteiger partial charge is 0.304 e. The molecule has 0 radical (unpaired) electrons. The van der Waals surface area contributed by atoms with Gasteiger partial charge in [-0.05, 0) is 31.9 Å². The van der Waals surface area contributed by atoms with E-state index in [1.807, 2.05) is 0 Å². The third-order valence-corrected chi connectivity index (χ3v) is 6.00. The second-order valence-corrected chi connectivity index (χ2v) is 8.68. The van der Waals surface area contributed by atoms with Gasteiger partial charge in [-0.25, -0.2) is 4.98 Å². The fraction of sp³-hybridized carbons (Fsp3) is 0.667. The molecule has 0 bridgehead atoms. The molecule has 2 rings (SSSR count). The van der Waals surface area contributed by atoms with Crippen LogP contribution in [0.3, 0.4) is 0 Å². The first kappa shape index (κ1) is 26.8. The van der Waals surface area contributed by atoms with Gasteiger partial charge in [-0.3, -0.25) is 0 Å². The average molecular weight is 433 g/mol. The van der Waals surface area contributed by atoms with Gasteiger partial charge in [-0.2, -0.15) is 0 Å². The Hall–Kier alpha value is -1.28. The van der Waals surface area contributed by atoms with Crippen molar-refractivity contribution in [2.24, 2.45) is 0 Å². The number of hydrogen-bond donors (Lipinski definition) is 0. The molecule has 1 aromatic heterocycles. The third kappa shape index (κ3) is 11.2. The summed E-state index contributed by atoms with van der Waals surface area (Å²) in [6.07, 6.45) is 24.6. The van der Waals surface area contributed by atoms with Crippen LogP contribution in [-0.2, 0) is 6.42 Å². The molecule has 0 aliphatic rings. The van der Waals surface area contributed by atoms with Crippen LogP contribution in [-0.4, -0.2) is 9.55 Å². The van der Waals surface area contributed by atoms with Crippen LogP contribution in [0.1, 0.15) is 115 Å². The van der Waals surface area contributed by atoms with Crippen LogP contribution < -0.4 is 0 Å². The third-order valence-electron chi connectivity index (χ3n) is 6.00. The van der Waals surface area contributed by atoms with Crippen molar-refractivity contribution in [1.29, 1.82) is 0 Å². The van der Waals surface area contributed by atoms with Gasteiger partial charge in [0.15, 0.2) is 0 Å². The maximum atomic E-state index is 4.75. The van der Waals surface area contributed by atoms with Gasteiger partial charge >= 0.3 is 0 Å². The molecule has 3 heteroatoms. The van der Waals surface area contributed by atoms with E-state index in [0.29, 0.717) is 0 Å². The molecule has 0 spiro atoms. The van der Waals surface area contributed by atoms with Crippen molar-refractivity contribution in [3.8, 4) is 5.69 Å². The minimum Gasteiger partial charge on any atom is -0.304 e. The topological polar surface area (TPSA) is 17.8 Å². The van der Waals surface area contributed by atoms with Crippen LogP contribution in [0, 0.1) is 6.92 Å². The summed E-state index contributed by atoms with van der Waals surface area (Å²) in [5.74, 6) is 1.09. The second kappa shape index (κ2) is 17.4. The Morgan fingerprint density at radius 1 is 0.667 bits per heavy atom. The number of halogens is 1. The normalized spacial score (nSPS) is 10.9. The maximum Gasteiger partial charge on any atom is 0.110 e. The van der Waals surface area contributed by atoms with Gasteiger partial charge < -0.3 is 4.57 Å². The van der Waals surface area contributed by atoms with Crippen molar-refractivity contribution in [3.63, 3.8) is 0 Å². The summed E-state index contributed by atoms with van der Waals surface area (Å²) in [6, 6.07) is 10.5. The Morgan fingerprint density at radius 2 is 1.13 bits per heavy atom. The highest BCUT2D eigenvalue weighted by molar-refractivity contribution is 5.85. The van der Waals surface area contributed by atoms with E-state index in [0.717, 1.165) is 12.2 Å². The van der Waals surface area contributed by atoms with Crippen molar-refractivity contribution >= 4 is 12.4 Å². The average Bonchev–Trinajstić information content (AvgIpc) is 3.12. The van der Waals surface area contributed by atoms with Crippen molar-refractivity contribution in [2.75, 3.05) is 0 Å². The SMILES string of the molecule is CCCCCCCCCCCCCCCCCc1cn(-c2ccccc2)c(C)n1.Cl. The summed E-state index contributed by atoms with van der Waals surface area (Å²) >= 11 is 0. The summed E-state index contributed by atoms with van der Waals surface area (Å²) < 4.78 is 2.21. The van der Waals surface area contributed by atoms with Crippen LogP contribution in [0.25, 0.3) is 5.69 Å². The number of rotatable bonds is 17. The van der Waals surface area contributed by atoms with Crippen LogP contribution >= 0.6 is 12.4 Å². The summed E-state index contributed by atoms with van der Waals surface area (Å²) in [4.78, 5) is 4.75. The molecule has 0 aliphatic heterocycles. The second-order valence-electron chi connectivity index (χ2n) is 8.68. The van der Waals surface area contributed by atoms with Crippen LogP contribution in [0.15, 0.2) is 36.5 Å². The van der Waals surface area contributed by atoms with Crippen molar-refractivity contribution < 1.29 is 0 Å². The quantitative estimate of drug-likeness (QED) is 0.228. The molecule has 1 heterocycles. The Bertz CT molecular complexity index is 636. The van der Waals surface area contributed by atoms with E-state index in [-0.39, 0.29) is 12.4 Å². The summed E-state index contributed by atoms with van der Waals surface area (Å²) in [5, 5.41) is 0. The minimum absolute atomic E-state index is 0. The number of nitrogens with zero attached hydrogens (tertiary/aromatic N) is 2. The smallest absolute Gasteiger partial charge is 0.110 e. The lowest BCUT2D eigenvalue weighted by atomic mass is 10.0. The van der Waals surface area contributed by atoms with Gasteiger partial charge in [0.25, 0.3) is 0 Å². The number of imidazole rings is 1. The molecule has 2 nitrogen and oxygen atoms in total. The molecular formula is C27H45ClN2. The summed E-state index contributed by atoms with van der Waals surface area (Å²) in [5.41, 5.74) is 2.45. The molecule has 2 aromatic rings. The highest BCUT2D eigenvalue weighted by Crippen LogP contribution is 2.16. The van der Waals surface area contributed by atoms with E-state index in [9.17, 15) is 0 Å². The molecule has 0 unspecified atom stereocenters. The van der Waals surface area contributed by atoms with Crippen LogP contribution in [0.2, 0.25) is 0 Å². The molecule has 170 valence electrons. The molecule has 0 fully saturated rings. The Balaban J connectivity index is 0.00000450. The molecule has 0 atom stereocenters. The molecule has 0 saturated heterocycles. The first-order chi connectivity index (χ1) is 14.3. The number of benzene rings is 1.